The van der Waals surface area contributed by atoms with Gasteiger partial charge in [0.25, 0.3) is 0 Å². The molecule has 0 radical (unpaired) electrons. The average Bonchev–Trinajstić information content (AvgIpc) is 2.92. The summed E-state index contributed by atoms with van der Waals surface area (Å²) in [5.41, 5.74) is -0.869. The Hall–Kier alpha value is -1.53. The Labute approximate surface area is 193 Å². The number of esters is 1. The average molecular weight is 453 g/mol. The van der Waals surface area contributed by atoms with Crippen molar-refractivity contribution in [2.24, 2.45) is 17.3 Å². The highest BCUT2D eigenvalue weighted by atomic mass is 16.6. The topological polar surface area (TPSA) is 101 Å². The molecular formula is C26H44O6. The van der Waals surface area contributed by atoms with E-state index in [-0.39, 0.29) is 48.1 Å². The summed E-state index contributed by atoms with van der Waals surface area (Å²) in [6, 6.07) is 0. The van der Waals surface area contributed by atoms with Gasteiger partial charge in [-0.1, -0.05) is 52.2 Å². The van der Waals surface area contributed by atoms with Crippen LogP contribution in [0.5, 0.6) is 0 Å². The van der Waals surface area contributed by atoms with Gasteiger partial charge in [0, 0.05) is 24.7 Å². The van der Waals surface area contributed by atoms with Crippen LogP contribution in [0.2, 0.25) is 0 Å². The van der Waals surface area contributed by atoms with E-state index >= 15 is 0 Å². The first-order chi connectivity index (χ1) is 14.8. The number of carbonyl (C=O) groups excluding carboxylic acids is 3. The largest absolute Gasteiger partial charge is 0.460 e. The minimum atomic E-state index is -0.733. The lowest BCUT2D eigenvalue weighted by atomic mass is 9.80. The molecule has 0 aromatic rings. The standard InChI is InChI=1S/C26H44O6/c1-7-8-15-26(5,6)23(30)14-13-20-19(21(28)17-22(20)29)12-10-9-11-18(27)16-24(31)32-25(2,3)4/h13-14,19-20,22-23,29-30H,7-12,15-17H2,1-6H3/b14-13+/t19-,20-,22-,23-/m1/s1. The summed E-state index contributed by atoms with van der Waals surface area (Å²) in [6.07, 6.45) is 7.20. The van der Waals surface area contributed by atoms with Crippen molar-refractivity contribution < 1.29 is 29.3 Å². The van der Waals surface area contributed by atoms with Crippen LogP contribution in [0.15, 0.2) is 12.2 Å². The lowest BCUT2D eigenvalue weighted by Gasteiger charge is -2.29. The Morgan fingerprint density at radius 3 is 2.41 bits per heavy atom. The fourth-order valence-corrected chi connectivity index (χ4v) is 4.18. The molecule has 1 fully saturated rings. The zero-order valence-corrected chi connectivity index (χ0v) is 20.9. The molecule has 32 heavy (non-hydrogen) atoms. The number of unbranched alkanes of at least 4 members (excludes halogenated alkanes) is 2. The predicted molar refractivity (Wildman–Crippen MR) is 125 cm³/mol. The molecule has 0 unspecified atom stereocenters. The maximum absolute atomic E-state index is 12.4. The molecule has 184 valence electrons. The highest BCUT2D eigenvalue weighted by Crippen LogP contribution is 2.35. The van der Waals surface area contributed by atoms with Crippen LogP contribution < -0.4 is 0 Å². The van der Waals surface area contributed by atoms with Gasteiger partial charge < -0.3 is 14.9 Å². The zero-order chi connectivity index (χ0) is 24.5. The van der Waals surface area contributed by atoms with E-state index in [0.29, 0.717) is 19.3 Å². The van der Waals surface area contributed by atoms with E-state index in [9.17, 15) is 24.6 Å². The smallest absolute Gasteiger partial charge is 0.313 e. The third-order valence-electron chi connectivity index (χ3n) is 6.21. The van der Waals surface area contributed by atoms with Gasteiger partial charge in [-0.15, -0.1) is 0 Å². The SMILES string of the molecule is CCCCC(C)(C)[C@H](O)/C=C/[C@H]1[C@H](O)CC(=O)[C@@H]1CCCCC(=O)CC(=O)OC(C)(C)C. The summed E-state index contributed by atoms with van der Waals surface area (Å²) >= 11 is 0. The van der Waals surface area contributed by atoms with Crippen LogP contribution >= 0.6 is 0 Å². The molecule has 4 atom stereocenters. The van der Waals surface area contributed by atoms with E-state index in [1.807, 2.05) is 19.9 Å². The molecule has 0 bridgehead atoms. The number of Topliss-reactive ketones (excluding diaryl/α,β-unsaturated/α-hetero) is 2. The van der Waals surface area contributed by atoms with E-state index in [2.05, 4.69) is 6.92 Å². The minimum absolute atomic E-state index is 0.0342. The summed E-state index contributed by atoms with van der Waals surface area (Å²) in [4.78, 5) is 36.2. The van der Waals surface area contributed by atoms with Crippen LogP contribution in [-0.4, -0.2) is 45.6 Å². The predicted octanol–water partition coefficient (Wildman–Crippen LogP) is 4.55. The fraction of sp³-hybridized carbons (Fsp3) is 0.808. The molecule has 1 aliphatic rings. The van der Waals surface area contributed by atoms with Gasteiger partial charge >= 0.3 is 5.97 Å². The zero-order valence-electron chi connectivity index (χ0n) is 20.9. The number of ketones is 2. The van der Waals surface area contributed by atoms with Gasteiger partial charge in [0.05, 0.1) is 12.2 Å². The van der Waals surface area contributed by atoms with Crippen LogP contribution in [0.25, 0.3) is 0 Å². The summed E-state index contributed by atoms with van der Waals surface area (Å²) in [5.74, 6) is -1.25. The van der Waals surface area contributed by atoms with Gasteiger partial charge in [0.2, 0.25) is 0 Å². The van der Waals surface area contributed by atoms with E-state index in [1.54, 1.807) is 26.8 Å². The minimum Gasteiger partial charge on any atom is -0.460 e. The van der Waals surface area contributed by atoms with Crippen molar-refractivity contribution in [1.82, 2.24) is 0 Å². The molecule has 2 N–H and O–H groups in total. The summed E-state index contributed by atoms with van der Waals surface area (Å²) in [7, 11) is 0. The fourth-order valence-electron chi connectivity index (χ4n) is 4.18. The Balaban J connectivity index is 2.54. The van der Waals surface area contributed by atoms with Crippen molar-refractivity contribution in [1.29, 1.82) is 0 Å². The monoisotopic (exact) mass is 452 g/mol. The van der Waals surface area contributed by atoms with Crippen molar-refractivity contribution in [2.45, 2.75) is 117 Å². The second-order valence-corrected chi connectivity index (χ2v) is 10.9. The van der Waals surface area contributed by atoms with E-state index in [4.69, 9.17) is 4.74 Å². The number of rotatable bonds is 13. The van der Waals surface area contributed by atoms with Crippen molar-refractivity contribution in [2.75, 3.05) is 0 Å². The molecule has 1 aliphatic carbocycles. The molecule has 6 heteroatoms. The lowest BCUT2D eigenvalue weighted by molar-refractivity contribution is -0.156. The first kappa shape index (κ1) is 28.5. The number of aliphatic hydroxyl groups excluding tert-OH is 2. The molecule has 6 nitrogen and oxygen atoms in total. The molecule has 0 amide bonds. The molecule has 0 aromatic heterocycles. The van der Waals surface area contributed by atoms with Crippen LogP contribution in [0.1, 0.15) is 99.3 Å². The highest BCUT2D eigenvalue weighted by Gasteiger charge is 2.39. The number of ether oxygens (including phenoxy) is 1. The number of hydrogen-bond acceptors (Lipinski definition) is 6. The molecule has 1 rings (SSSR count). The van der Waals surface area contributed by atoms with Crippen molar-refractivity contribution >= 4 is 17.5 Å². The van der Waals surface area contributed by atoms with Gasteiger partial charge in [0.1, 0.15) is 23.6 Å². The van der Waals surface area contributed by atoms with Crippen LogP contribution in [0.4, 0.5) is 0 Å². The van der Waals surface area contributed by atoms with Crippen LogP contribution in [-0.2, 0) is 19.1 Å². The molecule has 0 saturated heterocycles. The molecule has 0 spiro atoms. The maximum atomic E-state index is 12.4. The summed E-state index contributed by atoms with van der Waals surface area (Å²) in [5, 5.41) is 21.0. The Morgan fingerprint density at radius 2 is 1.81 bits per heavy atom. The van der Waals surface area contributed by atoms with E-state index in [0.717, 1.165) is 19.3 Å². The number of aliphatic hydroxyl groups is 2. The quantitative estimate of drug-likeness (QED) is 0.184. The van der Waals surface area contributed by atoms with Crippen molar-refractivity contribution in [3.05, 3.63) is 12.2 Å². The van der Waals surface area contributed by atoms with Gasteiger partial charge in [-0.05, 0) is 45.4 Å². The molecule has 0 aromatic carbocycles. The second-order valence-electron chi connectivity index (χ2n) is 10.9. The third kappa shape index (κ3) is 9.95. The van der Waals surface area contributed by atoms with Gasteiger partial charge in [-0.3, -0.25) is 14.4 Å². The lowest BCUT2D eigenvalue weighted by Crippen LogP contribution is -2.28. The maximum Gasteiger partial charge on any atom is 0.313 e. The molecular weight excluding hydrogens is 408 g/mol. The summed E-state index contributed by atoms with van der Waals surface area (Å²) < 4.78 is 5.17. The second kappa shape index (κ2) is 12.6. The van der Waals surface area contributed by atoms with E-state index < -0.39 is 23.8 Å². The van der Waals surface area contributed by atoms with Gasteiger partial charge in [-0.25, -0.2) is 0 Å². The molecule has 0 heterocycles. The Morgan fingerprint density at radius 1 is 1.16 bits per heavy atom. The molecule has 1 saturated carbocycles. The van der Waals surface area contributed by atoms with Crippen LogP contribution in [0, 0.1) is 17.3 Å². The number of hydrogen-bond donors (Lipinski definition) is 2. The van der Waals surface area contributed by atoms with Gasteiger partial charge in [0.15, 0.2) is 0 Å². The Kier molecular flexibility index (Phi) is 11.3. The first-order valence-corrected chi connectivity index (χ1v) is 12.1. The highest BCUT2D eigenvalue weighted by molar-refractivity contribution is 5.95. The van der Waals surface area contributed by atoms with Crippen molar-refractivity contribution in [3.63, 3.8) is 0 Å². The third-order valence-corrected chi connectivity index (χ3v) is 6.21. The normalized spacial score (nSPS) is 23.0. The van der Waals surface area contributed by atoms with Crippen molar-refractivity contribution in [3.8, 4) is 0 Å². The first-order valence-electron chi connectivity index (χ1n) is 12.1. The molecule has 0 aliphatic heterocycles. The van der Waals surface area contributed by atoms with E-state index in [1.165, 1.54) is 0 Å². The summed E-state index contributed by atoms with van der Waals surface area (Å²) in [6.45, 7) is 11.5. The Bertz CT molecular complexity index is 658. The number of carbonyl (C=O) groups is 3. The van der Waals surface area contributed by atoms with Gasteiger partial charge in [-0.2, -0.15) is 0 Å². The van der Waals surface area contributed by atoms with Crippen LogP contribution in [0.3, 0.4) is 0 Å².